The van der Waals surface area contributed by atoms with Gasteiger partial charge in [0.05, 0.1) is 37.4 Å². The number of sulfone groups is 1. The van der Waals surface area contributed by atoms with Crippen molar-refractivity contribution >= 4 is 58.9 Å². The summed E-state index contributed by atoms with van der Waals surface area (Å²) in [5.41, 5.74) is 3.88. The van der Waals surface area contributed by atoms with Gasteiger partial charge in [-0.1, -0.05) is 11.3 Å². The van der Waals surface area contributed by atoms with Crippen molar-refractivity contribution in [3.63, 3.8) is 0 Å². The average molecular weight is 462 g/mol. The maximum absolute atomic E-state index is 12.8. The third-order valence-electron chi connectivity index (χ3n) is 4.52. The van der Waals surface area contributed by atoms with E-state index in [2.05, 4.69) is 9.98 Å². The van der Waals surface area contributed by atoms with Crippen molar-refractivity contribution in [2.24, 2.45) is 4.99 Å². The molecule has 0 spiro atoms. The number of amides is 1. The van der Waals surface area contributed by atoms with Gasteiger partial charge in [-0.25, -0.2) is 13.4 Å². The monoisotopic (exact) mass is 461 g/mol. The van der Waals surface area contributed by atoms with E-state index in [0.29, 0.717) is 30.1 Å². The summed E-state index contributed by atoms with van der Waals surface area (Å²) < 4.78 is 32.9. The predicted molar refractivity (Wildman–Crippen MR) is 119 cm³/mol. The minimum Gasteiger partial charge on any atom is -0.380 e. The molecule has 0 unspecified atom stereocenters. The van der Waals surface area contributed by atoms with Gasteiger partial charge in [0.25, 0.3) is 5.91 Å². The molecule has 0 fully saturated rings. The number of ether oxygens (including phenoxy) is 1. The number of hydrogen-bond donors (Lipinski definition) is 0. The standard InChI is InChI=1S/C20H19N3O4S3/c1-3-27-9-8-23-16-7-5-14(30(2,25)26)11-18(16)29-20(23)22-19(24)13-4-6-15-17(10-13)28-12-21-15/h4-7,10-12H,3,8-9H2,1-2H3. The van der Waals surface area contributed by atoms with E-state index in [0.717, 1.165) is 20.4 Å². The Balaban J connectivity index is 1.81. The molecule has 0 aliphatic carbocycles. The lowest BCUT2D eigenvalue weighted by atomic mass is 10.2. The first-order valence-corrected chi connectivity index (χ1v) is 12.8. The normalized spacial score (nSPS) is 12.8. The molecular formula is C20H19N3O4S3. The Morgan fingerprint density at radius 3 is 2.80 bits per heavy atom. The molecule has 0 saturated carbocycles. The minimum atomic E-state index is -3.33. The fourth-order valence-electron chi connectivity index (χ4n) is 3.03. The van der Waals surface area contributed by atoms with Gasteiger partial charge in [0.1, 0.15) is 0 Å². The second-order valence-corrected chi connectivity index (χ2v) is 10.5. The van der Waals surface area contributed by atoms with Crippen LogP contribution in [0.3, 0.4) is 0 Å². The van der Waals surface area contributed by atoms with E-state index >= 15 is 0 Å². The van der Waals surface area contributed by atoms with E-state index in [1.807, 2.05) is 11.5 Å². The van der Waals surface area contributed by atoms with Crippen LogP contribution in [0.4, 0.5) is 0 Å². The fourth-order valence-corrected chi connectivity index (χ4v) is 5.56. The number of carbonyl (C=O) groups is 1. The first-order chi connectivity index (χ1) is 14.4. The molecule has 4 rings (SSSR count). The van der Waals surface area contributed by atoms with Crippen LogP contribution in [-0.4, -0.2) is 43.3 Å². The Labute approximate surface area is 181 Å². The predicted octanol–water partition coefficient (Wildman–Crippen LogP) is 3.49. The Morgan fingerprint density at radius 2 is 2.03 bits per heavy atom. The summed E-state index contributed by atoms with van der Waals surface area (Å²) in [5.74, 6) is -0.356. The lowest BCUT2D eigenvalue weighted by molar-refractivity contribution is 0.0996. The molecule has 30 heavy (non-hydrogen) atoms. The topological polar surface area (TPSA) is 90.6 Å². The van der Waals surface area contributed by atoms with Gasteiger partial charge in [-0.3, -0.25) is 4.79 Å². The molecule has 1 amide bonds. The number of thiazole rings is 2. The quantitative estimate of drug-likeness (QED) is 0.410. The third-order valence-corrected chi connectivity index (χ3v) is 7.46. The first-order valence-electron chi connectivity index (χ1n) is 9.20. The first kappa shape index (κ1) is 20.9. The summed E-state index contributed by atoms with van der Waals surface area (Å²) in [7, 11) is -3.33. The summed E-state index contributed by atoms with van der Waals surface area (Å²) >= 11 is 2.75. The molecule has 4 aromatic rings. The van der Waals surface area contributed by atoms with E-state index in [4.69, 9.17) is 4.74 Å². The Hall–Kier alpha value is -2.40. The van der Waals surface area contributed by atoms with E-state index in [1.54, 1.807) is 41.9 Å². The molecular weight excluding hydrogens is 442 g/mol. The lowest BCUT2D eigenvalue weighted by Gasteiger charge is -2.06. The number of aromatic nitrogens is 2. The molecule has 0 atom stereocenters. The SMILES string of the molecule is CCOCCn1c(=NC(=O)c2ccc3ncsc3c2)sc2cc(S(C)(=O)=O)ccc21. The number of benzene rings is 2. The van der Waals surface area contributed by atoms with Gasteiger partial charge in [-0.05, 0) is 43.3 Å². The third kappa shape index (κ3) is 4.22. The second-order valence-electron chi connectivity index (χ2n) is 6.59. The molecule has 7 nitrogen and oxygen atoms in total. The molecule has 0 N–H and O–H groups in total. The molecule has 0 saturated heterocycles. The van der Waals surface area contributed by atoms with Crippen LogP contribution in [0, 0.1) is 0 Å². The van der Waals surface area contributed by atoms with Crippen molar-refractivity contribution in [3.8, 4) is 0 Å². The summed E-state index contributed by atoms with van der Waals surface area (Å²) in [6.45, 7) is 3.47. The average Bonchev–Trinajstić information content (AvgIpc) is 3.31. The van der Waals surface area contributed by atoms with Crippen LogP contribution in [0.1, 0.15) is 17.3 Å². The summed E-state index contributed by atoms with van der Waals surface area (Å²) in [6.07, 6.45) is 1.18. The number of rotatable bonds is 6. The molecule has 0 radical (unpaired) electrons. The molecule has 0 bridgehead atoms. The zero-order valence-corrected chi connectivity index (χ0v) is 18.8. The van der Waals surface area contributed by atoms with Gasteiger partial charge < -0.3 is 9.30 Å². The Morgan fingerprint density at radius 1 is 1.20 bits per heavy atom. The van der Waals surface area contributed by atoms with Crippen molar-refractivity contribution in [1.82, 2.24) is 9.55 Å². The zero-order valence-electron chi connectivity index (χ0n) is 16.4. The van der Waals surface area contributed by atoms with E-state index < -0.39 is 9.84 Å². The van der Waals surface area contributed by atoms with E-state index in [1.165, 1.54) is 28.9 Å². The van der Waals surface area contributed by atoms with Crippen molar-refractivity contribution in [1.29, 1.82) is 0 Å². The van der Waals surface area contributed by atoms with Gasteiger partial charge in [-0.2, -0.15) is 4.99 Å². The summed E-state index contributed by atoms with van der Waals surface area (Å²) in [4.78, 5) is 22.2. The Kier molecular flexibility index (Phi) is 5.83. The summed E-state index contributed by atoms with van der Waals surface area (Å²) in [6, 6.07) is 10.3. The number of carbonyl (C=O) groups excluding carboxylic acids is 1. The molecule has 2 aromatic heterocycles. The molecule has 2 heterocycles. The summed E-state index contributed by atoms with van der Waals surface area (Å²) in [5, 5.41) is 0. The largest absolute Gasteiger partial charge is 0.380 e. The molecule has 0 aliphatic rings. The van der Waals surface area contributed by atoms with Crippen LogP contribution >= 0.6 is 22.7 Å². The highest BCUT2D eigenvalue weighted by Gasteiger charge is 2.14. The maximum atomic E-state index is 12.8. The highest BCUT2D eigenvalue weighted by Crippen LogP contribution is 2.23. The molecule has 0 aliphatic heterocycles. The number of fused-ring (bicyclic) bond motifs is 2. The highest BCUT2D eigenvalue weighted by atomic mass is 32.2. The highest BCUT2D eigenvalue weighted by molar-refractivity contribution is 7.90. The second kappa shape index (κ2) is 8.38. The molecule has 156 valence electrons. The van der Waals surface area contributed by atoms with Crippen LogP contribution in [0.2, 0.25) is 0 Å². The fraction of sp³-hybridized carbons (Fsp3) is 0.250. The van der Waals surface area contributed by atoms with Gasteiger partial charge >= 0.3 is 0 Å². The van der Waals surface area contributed by atoms with Crippen LogP contribution in [0.25, 0.3) is 20.4 Å². The van der Waals surface area contributed by atoms with Gasteiger partial charge in [-0.15, -0.1) is 11.3 Å². The number of hydrogen-bond acceptors (Lipinski definition) is 7. The van der Waals surface area contributed by atoms with Crippen LogP contribution < -0.4 is 4.80 Å². The van der Waals surface area contributed by atoms with Gasteiger partial charge in [0, 0.05) is 25.0 Å². The zero-order chi connectivity index (χ0) is 21.3. The molecule has 10 heteroatoms. The lowest BCUT2D eigenvalue weighted by Crippen LogP contribution is -2.19. The van der Waals surface area contributed by atoms with Crippen LogP contribution in [0.5, 0.6) is 0 Å². The van der Waals surface area contributed by atoms with Gasteiger partial charge in [0.15, 0.2) is 14.6 Å². The van der Waals surface area contributed by atoms with Crippen molar-refractivity contribution in [2.75, 3.05) is 19.5 Å². The van der Waals surface area contributed by atoms with Crippen LogP contribution in [0.15, 0.2) is 51.8 Å². The number of nitrogens with zero attached hydrogens (tertiary/aromatic N) is 3. The minimum absolute atomic E-state index is 0.238. The van der Waals surface area contributed by atoms with E-state index in [-0.39, 0.29) is 10.8 Å². The maximum Gasteiger partial charge on any atom is 0.279 e. The Bertz CT molecular complexity index is 1410. The van der Waals surface area contributed by atoms with Crippen LogP contribution in [-0.2, 0) is 21.1 Å². The van der Waals surface area contributed by atoms with Crippen molar-refractivity contribution in [3.05, 3.63) is 52.3 Å². The smallest absolute Gasteiger partial charge is 0.279 e. The van der Waals surface area contributed by atoms with E-state index in [9.17, 15) is 13.2 Å². The van der Waals surface area contributed by atoms with Crippen molar-refractivity contribution < 1.29 is 17.9 Å². The molecule has 2 aromatic carbocycles. The van der Waals surface area contributed by atoms with Gasteiger partial charge in [0.2, 0.25) is 0 Å². The van der Waals surface area contributed by atoms with Crippen molar-refractivity contribution in [2.45, 2.75) is 18.4 Å².